The molecule has 1 aliphatic rings. The molecule has 0 saturated heterocycles. The summed E-state index contributed by atoms with van der Waals surface area (Å²) in [7, 11) is 0. The molecule has 1 aliphatic carbocycles. The fourth-order valence-corrected chi connectivity index (χ4v) is 4.58. The van der Waals surface area contributed by atoms with E-state index in [1.54, 1.807) is 0 Å². The van der Waals surface area contributed by atoms with E-state index in [1.807, 2.05) is 11.8 Å². The molecule has 1 fully saturated rings. The van der Waals surface area contributed by atoms with Gasteiger partial charge in [0.15, 0.2) is 0 Å². The molecule has 26 heavy (non-hydrogen) atoms. The number of thiol groups is 1. The van der Waals surface area contributed by atoms with Crippen LogP contribution in [-0.2, 0) is 9.47 Å². The minimum atomic E-state index is 0.170. The van der Waals surface area contributed by atoms with E-state index in [1.165, 1.54) is 83.5 Å². The Morgan fingerprint density at radius 2 is 1.31 bits per heavy atom. The Hall–Kier alpha value is 0.620. The number of ether oxygens (including phenoxy) is 2. The van der Waals surface area contributed by atoms with E-state index < -0.39 is 0 Å². The van der Waals surface area contributed by atoms with E-state index in [2.05, 4.69) is 26.5 Å². The van der Waals surface area contributed by atoms with Gasteiger partial charge in [0, 0.05) is 16.3 Å². The Kier molecular flexibility index (Phi) is 15.7. The topological polar surface area (TPSA) is 18.5 Å². The Bertz CT molecular complexity index is 297. The highest BCUT2D eigenvalue weighted by Crippen LogP contribution is 2.27. The molecule has 0 atom stereocenters. The molecule has 0 spiro atoms. The van der Waals surface area contributed by atoms with Crippen molar-refractivity contribution < 1.29 is 9.47 Å². The van der Waals surface area contributed by atoms with Crippen molar-refractivity contribution in [3.05, 3.63) is 0 Å². The average Bonchev–Trinajstić information content (AvgIpc) is 2.62. The summed E-state index contributed by atoms with van der Waals surface area (Å²) in [4.78, 5) is 0. The first-order valence-electron chi connectivity index (χ1n) is 11.1. The molecule has 0 heterocycles. The van der Waals surface area contributed by atoms with Crippen molar-refractivity contribution in [2.45, 2.75) is 108 Å². The van der Waals surface area contributed by atoms with Crippen molar-refractivity contribution >= 4 is 24.4 Å². The second-order valence-electron chi connectivity index (χ2n) is 8.34. The van der Waals surface area contributed by atoms with Crippen LogP contribution in [0.2, 0.25) is 0 Å². The minimum absolute atomic E-state index is 0.170. The van der Waals surface area contributed by atoms with E-state index >= 15 is 0 Å². The zero-order valence-corrected chi connectivity index (χ0v) is 19.2. The second-order valence-corrected chi connectivity index (χ2v) is 10.6. The van der Waals surface area contributed by atoms with Crippen molar-refractivity contribution in [1.29, 1.82) is 0 Å². The predicted molar refractivity (Wildman–Crippen MR) is 121 cm³/mol. The average molecular weight is 405 g/mol. The SMILES string of the molecule is CC(C)(COC1CCCCCCCCCCCCC1)SCCOCCS. The normalized spacial score (nSPS) is 20.0. The van der Waals surface area contributed by atoms with E-state index in [9.17, 15) is 0 Å². The monoisotopic (exact) mass is 404 g/mol. The Labute approximate surface area is 173 Å². The van der Waals surface area contributed by atoms with Crippen LogP contribution in [0.25, 0.3) is 0 Å². The van der Waals surface area contributed by atoms with Crippen molar-refractivity contribution in [1.82, 2.24) is 0 Å². The van der Waals surface area contributed by atoms with Gasteiger partial charge in [-0.1, -0.05) is 70.6 Å². The first-order valence-corrected chi connectivity index (χ1v) is 12.7. The third-order valence-corrected chi connectivity index (χ3v) is 6.63. The van der Waals surface area contributed by atoms with Gasteiger partial charge in [0.25, 0.3) is 0 Å². The van der Waals surface area contributed by atoms with Crippen LogP contribution in [0.1, 0.15) is 97.3 Å². The summed E-state index contributed by atoms with van der Waals surface area (Å²) in [6.07, 6.45) is 18.5. The Morgan fingerprint density at radius 1 is 0.808 bits per heavy atom. The third kappa shape index (κ3) is 14.6. The quantitative estimate of drug-likeness (QED) is 0.332. The molecule has 0 N–H and O–H groups in total. The molecule has 1 rings (SSSR count). The van der Waals surface area contributed by atoms with Gasteiger partial charge in [-0.15, -0.1) is 0 Å². The largest absolute Gasteiger partial charge is 0.380 e. The van der Waals surface area contributed by atoms with Gasteiger partial charge < -0.3 is 9.47 Å². The molecule has 4 heteroatoms. The maximum atomic E-state index is 6.41. The van der Waals surface area contributed by atoms with Crippen LogP contribution in [0, 0.1) is 0 Å². The smallest absolute Gasteiger partial charge is 0.0611 e. The van der Waals surface area contributed by atoms with Gasteiger partial charge in [-0.3, -0.25) is 0 Å². The zero-order valence-electron chi connectivity index (χ0n) is 17.5. The highest BCUT2D eigenvalue weighted by Gasteiger charge is 2.21. The molecule has 0 bridgehead atoms. The molecule has 0 aromatic carbocycles. The van der Waals surface area contributed by atoms with Gasteiger partial charge >= 0.3 is 0 Å². The van der Waals surface area contributed by atoms with E-state index in [-0.39, 0.29) is 4.75 Å². The first-order chi connectivity index (χ1) is 12.6. The lowest BCUT2D eigenvalue weighted by molar-refractivity contribution is 0.0287. The molecule has 1 saturated carbocycles. The van der Waals surface area contributed by atoms with Crippen molar-refractivity contribution in [2.75, 3.05) is 31.3 Å². The molecule has 0 radical (unpaired) electrons. The molecule has 0 aliphatic heterocycles. The first kappa shape index (κ1) is 24.7. The van der Waals surface area contributed by atoms with E-state index in [0.717, 1.165) is 31.3 Å². The second kappa shape index (κ2) is 16.6. The van der Waals surface area contributed by atoms with Crippen molar-refractivity contribution in [2.24, 2.45) is 0 Å². The number of rotatable bonds is 9. The van der Waals surface area contributed by atoms with Crippen LogP contribution in [0.5, 0.6) is 0 Å². The summed E-state index contributed by atoms with van der Waals surface area (Å²) < 4.78 is 12.1. The highest BCUT2D eigenvalue weighted by atomic mass is 32.2. The van der Waals surface area contributed by atoms with Gasteiger partial charge in [0.2, 0.25) is 0 Å². The minimum Gasteiger partial charge on any atom is -0.380 e. The molecular weight excluding hydrogens is 360 g/mol. The van der Waals surface area contributed by atoms with Gasteiger partial charge in [-0.2, -0.15) is 24.4 Å². The van der Waals surface area contributed by atoms with Crippen molar-refractivity contribution in [3.63, 3.8) is 0 Å². The summed E-state index contributed by atoms with van der Waals surface area (Å²) in [6.45, 7) is 7.04. The zero-order chi connectivity index (χ0) is 18.9. The fourth-order valence-electron chi connectivity index (χ4n) is 3.55. The third-order valence-electron chi connectivity index (χ3n) is 5.17. The molecule has 156 valence electrons. The molecule has 0 unspecified atom stereocenters. The number of hydrogen-bond donors (Lipinski definition) is 1. The van der Waals surface area contributed by atoms with Crippen LogP contribution in [0.3, 0.4) is 0 Å². The molecule has 0 aromatic rings. The lowest BCUT2D eigenvalue weighted by atomic mass is 9.99. The maximum absolute atomic E-state index is 6.41. The molecule has 2 nitrogen and oxygen atoms in total. The molecule has 0 aromatic heterocycles. The summed E-state index contributed by atoms with van der Waals surface area (Å²) >= 11 is 6.15. The van der Waals surface area contributed by atoms with Crippen molar-refractivity contribution in [3.8, 4) is 0 Å². The van der Waals surface area contributed by atoms with Crippen LogP contribution in [-0.4, -0.2) is 42.2 Å². The maximum Gasteiger partial charge on any atom is 0.0611 e. The molecular formula is C22H44O2S2. The fraction of sp³-hybridized carbons (Fsp3) is 1.00. The predicted octanol–water partition coefficient (Wildman–Crippen LogP) is 6.91. The van der Waals surface area contributed by atoms with Gasteiger partial charge in [-0.05, 0) is 26.7 Å². The van der Waals surface area contributed by atoms with Gasteiger partial charge in [0.1, 0.15) is 0 Å². The molecule has 0 amide bonds. The summed E-state index contributed by atoms with van der Waals surface area (Å²) in [5, 5.41) is 0. The number of hydrogen-bond acceptors (Lipinski definition) is 4. The van der Waals surface area contributed by atoms with Crippen LogP contribution >= 0.6 is 24.4 Å². The standard InChI is InChI=1S/C22H44O2S2/c1-22(2,26-19-17-23-16-18-25)20-24-21-14-12-10-8-6-4-3-5-7-9-11-13-15-21/h21,25H,3-20H2,1-2H3. The van der Waals surface area contributed by atoms with Crippen LogP contribution in [0.15, 0.2) is 0 Å². The Balaban J connectivity index is 2.27. The summed E-state index contributed by atoms with van der Waals surface area (Å²) in [5.74, 6) is 1.84. The summed E-state index contributed by atoms with van der Waals surface area (Å²) in [5.41, 5.74) is 0. The van der Waals surface area contributed by atoms with E-state index in [0.29, 0.717) is 6.10 Å². The highest BCUT2D eigenvalue weighted by molar-refractivity contribution is 8.00. The van der Waals surface area contributed by atoms with Crippen LogP contribution in [0.4, 0.5) is 0 Å². The van der Waals surface area contributed by atoms with Gasteiger partial charge in [-0.25, -0.2) is 0 Å². The Morgan fingerprint density at radius 3 is 1.81 bits per heavy atom. The van der Waals surface area contributed by atoms with Crippen LogP contribution < -0.4 is 0 Å². The summed E-state index contributed by atoms with van der Waals surface area (Å²) in [6, 6.07) is 0. The lowest BCUT2D eigenvalue weighted by Crippen LogP contribution is -2.28. The lowest BCUT2D eigenvalue weighted by Gasteiger charge is -2.27. The van der Waals surface area contributed by atoms with Gasteiger partial charge in [0.05, 0.1) is 25.9 Å². The number of thioether (sulfide) groups is 1. The van der Waals surface area contributed by atoms with E-state index in [4.69, 9.17) is 9.47 Å².